The molecule has 7 heteroatoms. The molecule has 0 aliphatic carbocycles. The first-order valence-electron chi connectivity index (χ1n) is 7.78. The number of methoxy groups -OCH3 is 1. The van der Waals surface area contributed by atoms with E-state index < -0.39 is 24.5 Å². The van der Waals surface area contributed by atoms with Gasteiger partial charge < -0.3 is 14.8 Å². The lowest BCUT2D eigenvalue weighted by Gasteiger charge is -2.10. The molecule has 2 aromatic rings. The van der Waals surface area contributed by atoms with Crippen LogP contribution in [0, 0.1) is 6.92 Å². The van der Waals surface area contributed by atoms with Gasteiger partial charge in [0.15, 0.2) is 6.61 Å². The number of halogens is 1. The molecule has 0 unspecified atom stereocenters. The monoisotopic (exact) mass is 375 g/mol. The van der Waals surface area contributed by atoms with Crippen LogP contribution in [0.25, 0.3) is 0 Å². The van der Waals surface area contributed by atoms with Crippen molar-refractivity contribution in [2.75, 3.05) is 19.0 Å². The molecular weight excluding hydrogens is 358 g/mol. The van der Waals surface area contributed by atoms with Crippen LogP contribution in [0.3, 0.4) is 0 Å². The molecule has 0 bridgehead atoms. The molecule has 0 saturated carbocycles. The molecule has 0 aromatic heterocycles. The number of anilines is 1. The van der Waals surface area contributed by atoms with Gasteiger partial charge in [0.2, 0.25) is 0 Å². The third kappa shape index (κ3) is 5.32. The number of nitrogens with one attached hydrogen (secondary N) is 1. The Morgan fingerprint density at radius 2 is 1.85 bits per heavy atom. The summed E-state index contributed by atoms with van der Waals surface area (Å²) in [6, 6.07) is 11.7. The lowest BCUT2D eigenvalue weighted by molar-refractivity contribution is -0.146. The molecule has 0 radical (unpaired) electrons. The predicted molar refractivity (Wildman–Crippen MR) is 97.3 cm³/mol. The third-order valence-electron chi connectivity index (χ3n) is 3.59. The number of benzene rings is 2. The van der Waals surface area contributed by atoms with Crippen molar-refractivity contribution in [2.45, 2.75) is 13.3 Å². The summed E-state index contributed by atoms with van der Waals surface area (Å²) in [7, 11) is 1.28. The van der Waals surface area contributed by atoms with Crippen LogP contribution >= 0.6 is 11.6 Å². The van der Waals surface area contributed by atoms with E-state index >= 15 is 0 Å². The molecule has 0 atom stereocenters. The topological polar surface area (TPSA) is 81.7 Å². The number of carbonyl (C=O) groups excluding carboxylic acids is 3. The number of hydrogen-bond acceptors (Lipinski definition) is 5. The number of rotatable bonds is 6. The third-order valence-corrected chi connectivity index (χ3v) is 3.96. The summed E-state index contributed by atoms with van der Waals surface area (Å²) in [5.74, 6) is -1.58. The number of ether oxygens (including phenoxy) is 2. The highest BCUT2D eigenvalue weighted by Crippen LogP contribution is 2.18. The zero-order chi connectivity index (χ0) is 19.1. The summed E-state index contributed by atoms with van der Waals surface area (Å²) < 4.78 is 9.62. The van der Waals surface area contributed by atoms with Gasteiger partial charge in [-0.3, -0.25) is 9.59 Å². The van der Waals surface area contributed by atoms with Crippen molar-refractivity contribution in [2.24, 2.45) is 0 Å². The summed E-state index contributed by atoms with van der Waals surface area (Å²) in [5.41, 5.74) is 2.14. The fraction of sp³-hybridized carbons (Fsp3) is 0.211. The minimum Gasteiger partial charge on any atom is -0.465 e. The van der Waals surface area contributed by atoms with E-state index in [-0.39, 0.29) is 6.42 Å². The fourth-order valence-electron chi connectivity index (χ4n) is 2.18. The standard InChI is InChI=1S/C19H18ClNO5/c1-12-7-8-14(19(24)25-2)9-16(12)21-17(22)11-26-18(23)10-13-5-3-4-6-15(13)20/h3-9H,10-11H2,1-2H3,(H,21,22). The van der Waals surface area contributed by atoms with E-state index in [4.69, 9.17) is 16.3 Å². The van der Waals surface area contributed by atoms with Crippen molar-refractivity contribution in [3.05, 3.63) is 64.2 Å². The summed E-state index contributed by atoms with van der Waals surface area (Å²) in [5, 5.41) is 3.07. The van der Waals surface area contributed by atoms with E-state index in [1.165, 1.54) is 13.2 Å². The van der Waals surface area contributed by atoms with Gasteiger partial charge in [-0.15, -0.1) is 0 Å². The zero-order valence-electron chi connectivity index (χ0n) is 14.4. The summed E-state index contributed by atoms with van der Waals surface area (Å²) in [6.07, 6.45) is -0.0240. The maximum Gasteiger partial charge on any atom is 0.337 e. The van der Waals surface area contributed by atoms with Gasteiger partial charge in [-0.2, -0.15) is 0 Å². The second-order valence-electron chi connectivity index (χ2n) is 5.50. The lowest BCUT2D eigenvalue weighted by atomic mass is 10.1. The molecular formula is C19H18ClNO5. The highest BCUT2D eigenvalue weighted by molar-refractivity contribution is 6.31. The van der Waals surface area contributed by atoms with Gasteiger partial charge in [-0.05, 0) is 36.2 Å². The Morgan fingerprint density at radius 1 is 1.12 bits per heavy atom. The minimum absolute atomic E-state index is 0.0240. The molecule has 6 nitrogen and oxygen atoms in total. The van der Waals surface area contributed by atoms with Crippen LogP contribution in [-0.2, 0) is 25.5 Å². The number of carbonyl (C=O) groups is 3. The molecule has 26 heavy (non-hydrogen) atoms. The highest BCUT2D eigenvalue weighted by atomic mass is 35.5. The van der Waals surface area contributed by atoms with Gasteiger partial charge >= 0.3 is 11.9 Å². The molecule has 0 aliphatic rings. The van der Waals surface area contributed by atoms with Gasteiger partial charge in [-0.25, -0.2) is 4.79 Å². The van der Waals surface area contributed by atoms with Crippen LogP contribution in [0.5, 0.6) is 0 Å². The van der Waals surface area contributed by atoms with Gasteiger partial charge in [-0.1, -0.05) is 35.9 Å². The van der Waals surface area contributed by atoms with Crippen LogP contribution in [0.15, 0.2) is 42.5 Å². The van der Waals surface area contributed by atoms with Crippen molar-refractivity contribution in [1.29, 1.82) is 0 Å². The number of aryl methyl sites for hydroxylation is 1. The average Bonchev–Trinajstić information content (AvgIpc) is 2.63. The molecule has 0 fully saturated rings. The van der Waals surface area contributed by atoms with Crippen molar-refractivity contribution >= 4 is 35.1 Å². The molecule has 0 spiro atoms. The molecule has 1 N–H and O–H groups in total. The smallest absolute Gasteiger partial charge is 0.337 e. The maximum atomic E-state index is 12.0. The SMILES string of the molecule is COC(=O)c1ccc(C)c(NC(=O)COC(=O)Cc2ccccc2Cl)c1. The Kier molecular flexibility index (Phi) is 6.74. The van der Waals surface area contributed by atoms with Crippen molar-refractivity contribution in [1.82, 2.24) is 0 Å². The van der Waals surface area contributed by atoms with E-state index in [9.17, 15) is 14.4 Å². The van der Waals surface area contributed by atoms with Crippen molar-refractivity contribution in [3.8, 4) is 0 Å². The highest BCUT2D eigenvalue weighted by Gasteiger charge is 2.13. The lowest BCUT2D eigenvalue weighted by Crippen LogP contribution is -2.22. The van der Waals surface area contributed by atoms with Crippen LogP contribution in [0.4, 0.5) is 5.69 Å². The van der Waals surface area contributed by atoms with Gasteiger partial charge in [0.25, 0.3) is 5.91 Å². The number of esters is 2. The first kappa shape index (κ1) is 19.5. The summed E-state index contributed by atoms with van der Waals surface area (Å²) in [4.78, 5) is 35.4. The second kappa shape index (κ2) is 9.01. The van der Waals surface area contributed by atoms with Gasteiger partial charge in [0.05, 0.1) is 19.1 Å². The Morgan fingerprint density at radius 3 is 2.54 bits per heavy atom. The maximum absolute atomic E-state index is 12.0. The Hall–Kier alpha value is -2.86. The van der Waals surface area contributed by atoms with Gasteiger partial charge in [0.1, 0.15) is 0 Å². The first-order chi connectivity index (χ1) is 12.4. The van der Waals surface area contributed by atoms with Crippen LogP contribution in [0.2, 0.25) is 5.02 Å². The number of amides is 1. The predicted octanol–water partition coefficient (Wildman–Crippen LogP) is 3.16. The van der Waals surface area contributed by atoms with E-state index in [1.807, 2.05) is 0 Å². The van der Waals surface area contributed by atoms with Gasteiger partial charge in [0, 0.05) is 10.7 Å². The average molecular weight is 376 g/mol. The minimum atomic E-state index is -0.562. The summed E-state index contributed by atoms with van der Waals surface area (Å²) in [6.45, 7) is 1.34. The van der Waals surface area contributed by atoms with Crippen LogP contribution in [-0.4, -0.2) is 31.6 Å². The molecule has 1 amide bonds. The van der Waals surface area contributed by atoms with E-state index in [1.54, 1.807) is 43.3 Å². The molecule has 0 aliphatic heterocycles. The normalized spacial score (nSPS) is 10.1. The van der Waals surface area contributed by atoms with Crippen molar-refractivity contribution in [3.63, 3.8) is 0 Å². The quantitative estimate of drug-likeness (QED) is 0.784. The summed E-state index contributed by atoms with van der Waals surface area (Å²) >= 11 is 5.98. The fourth-order valence-corrected chi connectivity index (χ4v) is 2.38. The van der Waals surface area contributed by atoms with E-state index in [2.05, 4.69) is 10.1 Å². The molecule has 2 aromatic carbocycles. The first-order valence-corrected chi connectivity index (χ1v) is 8.16. The Labute approximate surface area is 156 Å². The van der Waals surface area contributed by atoms with Crippen LogP contribution in [0.1, 0.15) is 21.5 Å². The molecule has 2 rings (SSSR count). The molecule has 0 heterocycles. The molecule has 0 saturated heterocycles. The second-order valence-corrected chi connectivity index (χ2v) is 5.91. The van der Waals surface area contributed by atoms with E-state index in [0.717, 1.165) is 5.56 Å². The zero-order valence-corrected chi connectivity index (χ0v) is 15.1. The largest absolute Gasteiger partial charge is 0.465 e. The Bertz CT molecular complexity index is 834. The van der Waals surface area contributed by atoms with Crippen LogP contribution < -0.4 is 5.32 Å². The number of hydrogen-bond donors (Lipinski definition) is 1. The molecule has 136 valence electrons. The Balaban J connectivity index is 1.92. The van der Waals surface area contributed by atoms with E-state index in [0.29, 0.717) is 21.8 Å². The van der Waals surface area contributed by atoms with Crippen molar-refractivity contribution < 1.29 is 23.9 Å².